The zero-order valence-corrected chi connectivity index (χ0v) is 10.5. The largest absolute Gasteiger partial charge is 0.545 e. The number of carbonyl (C=O) groups excluding carboxylic acids is 3. The predicted octanol–water partition coefficient (Wildman–Crippen LogP) is 0.0877. The molecule has 1 rings (SSSR count). The lowest BCUT2D eigenvalue weighted by Gasteiger charge is -2.02. The van der Waals surface area contributed by atoms with Gasteiger partial charge in [0.2, 0.25) is 5.91 Å². The molecule has 0 bridgehead atoms. The number of nitrogens with one attached hydrogen (secondary N) is 1. The van der Waals surface area contributed by atoms with Crippen molar-refractivity contribution in [2.24, 2.45) is 0 Å². The summed E-state index contributed by atoms with van der Waals surface area (Å²) in [7, 11) is 1.23. The molecule has 0 aliphatic carbocycles. The van der Waals surface area contributed by atoms with Gasteiger partial charge in [-0.25, -0.2) is 4.79 Å². The Morgan fingerprint density at radius 2 is 2.06 bits per heavy atom. The molecular formula is C11H10NO5S-. The molecule has 1 N–H and O–H groups in total. The first-order valence-corrected chi connectivity index (χ1v) is 5.64. The van der Waals surface area contributed by atoms with Crippen LogP contribution in [-0.2, 0) is 14.3 Å². The number of aryl methyl sites for hydroxylation is 1. The first-order valence-electron chi connectivity index (χ1n) is 4.83. The first-order chi connectivity index (χ1) is 8.43. The quantitative estimate of drug-likeness (QED) is 0.616. The zero-order chi connectivity index (χ0) is 13.7. The summed E-state index contributed by atoms with van der Waals surface area (Å²) in [5.74, 6) is -2.70. The average Bonchev–Trinajstić information content (AvgIpc) is 2.66. The Bertz CT molecular complexity index is 518. The van der Waals surface area contributed by atoms with Gasteiger partial charge in [-0.1, -0.05) is 0 Å². The number of carboxylic acid groups (broad SMARTS) is 1. The van der Waals surface area contributed by atoms with Crippen molar-refractivity contribution in [3.8, 4) is 0 Å². The molecule has 6 nitrogen and oxygen atoms in total. The molecule has 0 unspecified atom stereocenters. The van der Waals surface area contributed by atoms with Gasteiger partial charge in [-0.3, -0.25) is 4.79 Å². The fourth-order valence-corrected chi connectivity index (χ4v) is 2.07. The summed E-state index contributed by atoms with van der Waals surface area (Å²) in [5.41, 5.74) is 0.232. The van der Waals surface area contributed by atoms with E-state index in [1.807, 2.05) is 0 Å². The predicted molar refractivity (Wildman–Crippen MR) is 63.2 cm³/mol. The maximum absolute atomic E-state index is 11.4. The number of hydrogen-bond acceptors (Lipinski definition) is 6. The highest BCUT2D eigenvalue weighted by molar-refractivity contribution is 7.16. The van der Waals surface area contributed by atoms with Gasteiger partial charge in [0.25, 0.3) is 0 Å². The summed E-state index contributed by atoms with van der Waals surface area (Å²) in [6.07, 6.45) is 1.42. The van der Waals surface area contributed by atoms with Gasteiger partial charge in [-0.05, 0) is 19.1 Å². The van der Waals surface area contributed by atoms with Gasteiger partial charge in [0.1, 0.15) is 5.00 Å². The maximum atomic E-state index is 11.4. The summed E-state index contributed by atoms with van der Waals surface area (Å²) >= 11 is 1.19. The van der Waals surface area contributed by atoms with Crippen LogP contribution >= 0.6 is 11.3 Å². The third-order valence-electron chi connectivity index (χ3n) is 1.87. The first kappa shape index (κ1) is 13.9. The van der Waals surface area contributed by atoms with Crippen molar-refractivity contribution >= 4 is 34.2 Å². The van der Waals surface area contributed by atoms with Gasteiger partial charge < -0.3 is 20.0 Å². The van der Waals surface area contributed by atoms with Gasteiger partial charge in [0.15, 0.2) is 0 Å². The number of thiophene rings is 1. The molecule has 0 saturated carbocycles. The second-order valence-electron chi connectivity index (χ2n) is 3.23. The van der Waals surface area contributed by atoms with E-state index in [2.05, 4.69) is 10.1 Å². The highest BCUT2D eigenvalue weighted by Crippen LogP contribution is 2.28. The molecule has 96 valence electrons. The molecule has 18 heavy (non-hydrogen) atoms. The molecule has 1 heterocycles. The minimum Gasteiger partial charge on any atom is -0.545 e. The third-order valence-corrected chi connectivity index (χ3v) is 2.83. The van der Waals surface area contributed by atoms with Crippen molar-refractivity contribution in [3.63, 3.8) is 0 Å². The fraction of sp³-hybridized carbons (Fsp3) is 0.182. The normalized spacial score (nSPS) is 10.3. The molecule has 0 spiro atoms. The molecular weight excluding hydrogens is 258 g/mol. The topological polar surface area (TPSA) is 95.5 Å². The van der Waals surface area contributed by atoms with Gasteiger partial charge >= 0.3 is 5.97 Å². The molecule has 0 atom stereocenters. The van der Waals surface area contributed by atoms with E-state index in [0.29, 0.717) is 11.1 Å². The Labute approximate surface area is 107 Å². The Morgan fingerprint density at radius 3 is 2.61 bits per heavy atom. The van der Waals surface area contributed by atoms with E-state index in [1.165, 1.54) is 18.4 Å². The van der Waals surface area contributed by atoms with Crippen LogP contribution in [0.2, 0.25) is 0 Å². The van der Waals surface area contributed by atoms with Crippen LogP contribution in [0, 0.1) is 6.92 Å². The zero-order valence-electron chi connectivity index (χ0n) is 9.68. The van der Waals surface area contributed by atoms with Crippen LogP contribution in [-0.4, -0.2) is 25.0 Å². The Morgan fingerprint density at radius 1 is 1.39 bits per heavy atom. The molecule has 0 aromatic carbocycles. The van der Waals surface area contributed by atoms with Crippen LogP contribution < -0.4 is 10.4 Å². The molecule has 0 radical (unpaired) electrons. The Hall–Kier alpha value is -2.15. The van der Waals surface area contributed by atoms with E-state index >= 15 is 0 Å². The minimum atomic E-state index is -1.47. The van der Waals surface area contributed by atoms with Crippen molar-refractivity contribution in [2.75, 3.05) is 12.4 Å². The van der Waals surface area contributed by atoms with Crippen molar-refractivity contribution in [1.82, 2.24) is 0 Å². The van der Waals surface area contributed by atoms with E-state index in [9.17, 15) is 19.5 Å². The highest BCUT2D eigenvalue weighted by atomic mass is 32.1. The van der Waals surface area contributed by atoms with E-state index in [-0.39, 0.29) is 5.56 Å². The van der Waals surface area contributed by atoms with Gasteiger partial charge in [-0.15, -0.1) is 11.3 Å². The van der Waals surface area contributed by atoms with Crippen LogP contribution in [0.4, 0.5) is 5.00 Å². The Balaban J connectivity index is 2.87. The highest BCUT2D eigenvalue weighted by Gasteiger charge is 2.16. The van der Waals surface area contributed by atoms with Crippen LogP contribution in [0.5, 0.6) is 0 Å². The summed E-state index contributed by atoms with van der Waals surface area (Å²) in [5, 5.41) is 12.8. The number of anilines is 1. The number of hydrogen-bond donors (Lipinski definition) is 1. The fourth-order valence-electron chi connectivity index (χ4n) is 1.17. The van der Waals surface area contributed by atoms with E-state index in [1.54, 1.807) is 13.0 Å². The lowest BCUT2D eigenvalue weighted by atomic mass is 10.3. The maximum Gasteiger partial charge on any atom is 0.340 e. The molecule has 1 aromatic rings. The van der Waals surface area contributed by atoms with E-state index in [4.69, 9.17) is 0 Å². The van der Waals surface area contributed by atoms with E-state index < -0.39 is 17.8 Å². The van der Waals surface area contributed by atoms with Crippen molar-refractivity contribution in [3.05, 3.63) is 28.7 Å². The second kappa shape index (κ2) is 5.97. The molecule has 7 heteroatoms. The van der Waals surface area contributed by atoms with Crippen molar-refractivity contribution < 1.29 is 24.2 Å². The molecule has 0 aliphatic rings. The van der Waals surface area contributed by atoms with Gasteiger partial charge in [0, 0.05) is 11.0 Å². The standard InChI is InChI=1S/C11H11NO5S/c1-6-5-7(11(16)17-2)10(18-6)12-8(13)3-4-9(14)15/h3-5H,1-2H3,(H,12,13)(H,14,15)/p-1/b4-3+. The third kappa shape index (κ3) is 3.70. The number of amides is 1. The molecule has 0 aliphatic heterocycles. The van der Waals surface area contributed by atoms with Crippen LogP contribution in [0.25, 0.3) is 0 Å². The van der Waals surface area contributed by atoms with Crippen LogP contribution in [0.3, 0.4) is 0 Å². The molecule has 1 aromatic heterocycles. The number of carbonyl (C=O) groups is 3. The second-order valence-corrected chi connectivity index (χ2v) is 4.49. The van der Waals surface area contributed by atoms with Gasteiger partial charge in [0.05, 0.1) is 18.6 Å². The number of ether oxygens (including phenoxy) is 1. The van der Waals surface area contributed by atoms with E-state index in [0.717, 1.165) is 11.0 Å². The number of aliphatic carboxylic acids is 1. The summed E-state index contributed by atoms with van der Waals surface area (Å²) in [4.78, 5) is 33.7. The number of esters is 1. The average molecular weight is 268 g/mol. The lowest BCUT2D eigenvalue weighted by Crippen LogP contribution is -2.20. The SMILES string of the molecule is COC(=O)c1cc(C)sc1NC(=O)/C=C/C(=O)[O-]. The summed E-state index contributed by atoms with van der Waals surface area (Å²) in [6.45, 7) is 1.77. The molecule has 0 saturated heterocycles. The number of methoxy groups -OCH3 is 1. The minimum absolute atomic E-state index is 0.232. The van der Waals surface area contributed by atoms with Crippen LogP contribution in [0.1, 0.15) is 15.2 Å². The summed E-state index contributed by atoms with van der Waals surface area (Å²) in [6, 6.07) is 1.58. The monoisotopic (exact) mass is 268 g/mol. The smallest absolute Gasteiger partial charge is 0.340 e. The van der Waals surface area contributed by atoms with Crippen LogP contribution in [0.15, 0.2) is 18.2 Å². The molecule has 0 fully saturated rings. The van der Waals surface area contributed by atoms with Gasteiger partial charge in [-0.2, -0.15) is 0 Å². The molecule has 1 amide bonds. The lowest BCUT2D eigenvalue weighted by molar-refractivity contribution is -0.297. The number of rotatable bonds is 4. The Kier molecular flexibility index (Phi) is 4.61. The van der Waals surface area contributed by atoms with Crippen molar-refractivity contribution in [2.45, 2.75) is 6.92 Å². The summed E-state index contributed by atoms with van der Waals surface area (Å²) < 4.78 is 4.56. The number of carboxylic acids is 1. The van der Waals surface area contributed by atoms with Crippen molar-refractivity contribution in [1.29, 1.82) is 0 Å².